The first kappa shape index (κ1) is 16.0. The Morgan fingerprint density at radius 1 is 1.20 bits per heavy atom. The summed E-state index contributed by atoms with van der Waals surface area (Å²) in [5, 5.41) is 2.84. The largest absolute Gasteiger partial charge is 0.453 e. The zero-order valence-corrected chi connectivity index (χ0v) is 13.6. The van der Waals surface area contributed by atoms with E-state index in [0.29, 0.717) is 11.6 Å². The second-order valence-electron chi connectivity index (χ2n) is 6.87. The zero-order valence-electron chi connectivity index (χ0n) is 13.6. The minimum atomic E-state index is -0.784. The number of amides is 1. The van der Waals surface area contributed by atoms with Crippen molar-refractivity contribution in [2.45, 2.75) is 32.1 Å². The molecule has 4 rings (SSSR count). The van der Waals surface area contributed by atoms with Gasteiger partial charge in [0.2, 0.25) is 5.91 Å². The third kappa shape index (κ3) is 3.21. The van der Waals surface area contributed by atoms with Crippen molar-refractivity contribution < 1.29 is 18.3 Å². The Hall–Kier alpha value is -2.50. The van der Waals surface area contributed by atoms with E-state index < -0.39 is 11.6 Å². The number of nitrogens with zero attached hydrogens (tertiary/aromatic N) is 1. The molecule has 1 atom stereocenters. The zero-order chi connectivity index (χ0) is 17.4. The molecule has 0 aliphatic heterocycles. The molecule has 25 heavy (non-hydrogen) atoms. The Labute approximate surface area is 144 Å². The second kappa shape index (κ2) is 6.10. The minimum Gasteiger partial charge on any atom is -0.453 e. The summed E-state index contributed by atoms with van der Waals surface area (Å²) < 4.78 is 31.8. The van der Waals surface area contributed by atoms with Gasteiger partial charge in [0.1, 0.15) is 17.4 Å². The van der Waals surface area contributed by atoms with E-state index >= 15 is 0 Å². The molecule has 0 bridgehead atoms. The predicted octanol–water partition coefficient (Wildman–Crippen LogP) is 4.67. The number of ether oxygens (including phenoxy) is 1. The highest BCUT2D eigenvalue weighted by Crippen LogP contribution is 2.63. The molecule has 1 aromatic carbocycles. The van der Waals surface area contributed by atoms with Crippen molar-refractivity contribution in [1.82, 2.24) is 4.98 Å². The molecule has 1 aromatic heterocycles. The van der Waals surface area contributed by atoms with Crippen LogP contribution in [0, 0.1) is 23.0 Å². The second-order valence-corrected chi connectivity index (χ2v) is 6.87. The van der Waals surface area contributed by atoms with Gasteiger partial charge < -0.3 is 10.1 Å². The lowest BCUT2D eigenvalue weighted by Gasteiger charge is -2.10. The molecule has 130 valence electrons. The van der Waals surface area contributed by atoms with Crippen LogP contribution >= 0.6 is 0 Å². The van der Waals surface area contributed by atoms with Gasteiger partial charge in [-0.05, 0) is 48.9 Å². The number of hydrogen-bond donors (Lipinski definition) is 1. The van der Waals surface area contributed by atoms with Crippen LogP contribution in [0.25, 0.3) is 0 Å². The topological polar surface area (TPSA) is 51.2 Å². The molecule has 2 saturated carbocycles. The van der Waals surface area contributed by atoms with E-state index in [-0.39, 0.29) is 23.0 Å². The number of rotatable bonds is 4. The molecule has 1 spiro atoms. The molecule has 0 radical (unpaired) electrons. The lowest BCUT2D eigenvalue weighted by atomic mass is 10.0. The van der Waals surface area contributed by atoms with Crippen LogP contribution < -0.4 is 10.1 Å². The van der Waals surface area contributed by atoms with Gasteiger partial charge in [0.25, 0.3) is 0 Å². The summed E-state index contributed by atoms with van der Waals surface area (Å²) >= 11 is 0. The fraction of sp³-hybridized carbons (Fsp3) is 0.368. The van der Waals surface area contributed by atoms with E-state index in [2.05, 4.69) is 10.3 Å². The molecule has 6 heteroatoms. The number of pyridine rings is 1. The normalized spacial score (nSPS) is 20.5. The van der Waals surface area contributed by atoms with Gasteiger partial charge in [0.15, 0.2) is 11.6 Å². The SMILES string of the molecule is O=C(Nc1ccc(Oc2ccc(F)cc2F)cn1)C1CC12CCCC2. The fourth-order valence-corrected chi connectivity index (χ4v) is 3.76. The van der Waals surface area contributed by atoms with Gasteiger partial charge in [0.05, 0.1) is 6.20 Å². The molecule has 2 aliphatic carbocycles. The molecule has 2 aliphatic rings. The lowest BCUT2D eigenvalue weighted by Crippen LogP contribution is -2.18. The molecule has 0 saturated heterocycles. The Morgan fingerprint density at radius 3 is 2.68 bits per heavy atom. The number of hydrogen-bond acceptors (Lipinski definition) is 3. The molecule has 1 amide bonds. The highest BCUT2D eigenvalue weighted by Gasteiger charge is 2.58. The van der Waals surface area contributed by atoms with E-state index in [0.717, 1.165) is 31.4 Å². The number of anilines is 1. The molecular formula is C19H18F2N2O2. The van der Waals surface area contributed by atoms with Crippen molar-refractivity contribution >= 4 is 11.7 Å². The summed E-state index contributed by atoms with van der Waals surface area (Å²) in [6.07, 6.45) is 7.10. The van der Waals surface area contributed by atoms with Gasteiger partial charge in [0, 0.05) is 12.0 Å². The summed E-state index contributed by atoms with van der Waals surface area (Å²) in [5.41, 5.74) is 0.243. The maximum Gasteiger partial charge on any atom is 0.229 e. The van der Waals surface area contributed by atoms with E-state index in [1.54, 1.807) is 12.1 Å². The van der Waals surface area contributed by atoms with Gasteiger partial charge in [-0.1, -0.05) is 12.8 Å². The van der Waals surface area contributed by atoms with Gasteiger partial charge in [-0.15, -0.1) is 0 Å². The van der Waals surface area contributed by atoms with Crippen molar-refractivity contribution in [1.29, 1.82) is 0 Å². The van der Waals surface area contributed by atoms with E-state index in [4.69, 9.17) is 4.74 Å². The van der Waals surface area contributed by atoms with Crippen molar-refractivity contribution in [3.63, 3.8) is 0 Å². The number of nitrogens with one attached hydrogen (secondary N) is 1. The van der Waals surface area contributed by atoms with Crippen molar-refractivity contribution in [2.24, 2.45) is 11.3 Å². The maximum absolute atomic E-state index is 13.6. The van der Waals surface area contributed by atoms with Crippen LogP contribution in [0.1, 0.15) is 32.1 Å². The quantitative estimate of drug-likeness (QED) is 0.877. The molecule has 1 heterocycles. The monoisotopic (exact) mass is 344 g/mol. The highest BCUT2D eigenvalue weighted by atomic mass is 19.1. The van der Waals surface area contributed by atoms with E-state index in [1.165, 1.54) is 25.1 Å². The van der Waals surface area contributed by atoms with Crippen LogP contribution in [0.5, 0.6) is 11.5 Å². The molecule has 1 N–H and O–H groups in total. The van der Waals surface area contributed by atoms with Gasteiger partial charge in [-0.3, -0.25) is 4.79 Å². The first-order chi connectivity index (χ1) is 12.1. The van der Waals surface area contributed by atoms with Crippen LogP contribution in [0.2, 0.25) is 0 Å². The first-order valence-electron chi connectivity index (χ1n) is 8.46. The smallest absolute Gasteiger partial charge is 0.229 e. The highest BCUT2D eigenvalue weighted by molar-refractivity contribution is 5.94. The third-order valence-electron chi connectivity index (χ3n) is 5.21. The Morgan fingerprint density at radius 2 is 2.00 bits per heavy atom. The molecule has 4 nitrogen and oxygen atoms in total. The summed E-state index contributed by atoms with van der Waals surface area (Å²) in [6.45, 7) is 0. The minimum absolute atomic E-state index is 0.0210. The summed E-state index contributed by atoms with van der Waals surface area (Å²) in [6, 6.07) is 6.29. The number of aromatic nitrogens is 1. The Balaban J connectivity index is 1.38. The maximum atomic E-state index is 13.6. The Bertz CT molecular complexity index is 802. The number of benzene rings is 1. The lowest BCUT2D eigenvalue weighted by molar-refractivity contribution is -0.118. The van der Waals surface area contributed by atoms with Crippen LogP contribution in [-0.2, 0) is 4.79 Å². The Kier molecular flexibility index (Phi) is 3.90. The van der Waals surface area contributed by atoms with Crippen molar-refractivity contribution in [2.75, 3.05) is 5.32 Å². The average molecular weight is 344 g/mol. The molecule has 2 aromatic rings. The molecular weight excluding hydrogens is 326 g/mol. The van der Waals surface area contributed by atoms with Crippen molar-refractivity contribution in [3.8, 4) is 11.5 Å². The van der Waals surface area contributed by atoms with Gasteiger partial charge >= 0.3 is 0 Å². The van der Waals surface area contributed by atoms with Gasteiger partial charge in [-0.2, -0.15) is 0 Å². The number of carbonyl (C=O) groups is 1. The van der Waals surface area contributed by atoms with Crippen LogP contribution in [-0.4, -0.2) is 10.9 Å². The molecule has 2 fully saturated rings. The average Bonchev–Trinajstić information content (AvgIpc) is 3.09. The fourth-order valence-electron chi connectivity index (χ4n) is 3.76. The number of carbonyl (C=O) groups excluding carboxylic acids is 1. The van der Waals surface area contributed by atoms with Crippen LogP contribution in [0.4, 0.5) is 14.6 Å². The van der Waals surface area contributed by atoms with E-state index in [9.17, 15) is 13.6 Å². The standard InChI is InChI=1S/C19H18F2N2O2/c20-12-3-5-16(15(21)9-12)25-13-4-6-17(22-11-13)23-18(24)14-10-19(14)7-1-2-8-19/h3-6,9,11,14H,1-2,7-8,10H2,(H,22,23,24). The van der Waals surface area contributed by atoms with Crippen molar-refractivity contribution in [3.05, 3.63) is 48.2 Å². The number of halogens is 2. The first-order valence-corrected chi connectivity index (χ1v) is 8.46. The predicted molar refractivity (Wildman–Crippen MR) is 88.3 cm³/mol. The van der Waals surface area contributed by atoms with Crippen LogP contribution in [0.15, 0.2) is 36.5 Å². The molecule has 1 unspecified atom stereocenters. The van der Waals surface area contributed by atoms with E-state index in [1.807, 2.05) is 0 Å². The summed E-state index contributed by atoms with van der Waals surface area (Å²) in [5.74, 6) is -0.664. The summed E-state index contributed by atoms with van der Waals surface area (Å²) in [7, 11) is 0. The summed E-state index contributed by atoms with van der Waals surface area (Å²) in [4.78, 5) is 16.5. The van der Waals surface area contributed by atoms with Crippen LogP contribution in [0.3, 0.4) is 0 Å². The third-order valence-corrected chi connectivity index (χ3v) is 5.21. The van der Waals surface area contributed by atoms with Gasteiger partial charge in [-0.25, -0.2) is 13.8 Å².